The molecule has 1 aromatic rings. The molecule has 2 atom stereocenters. The summed E-state index contributed by atoms with van der Waals surface area (Å²) in [6, 6.07) is 0. The van der Waals surface area contributed by atoms with Crippen LogP contribution in [0.25, 0.3) is 0 Å². The van der Waals surface area contributed by atoms with Gasteiger partial charge in [-0.3, -0.25) is 0 Å². The molecule has 1 fully saturated rings. The van der Waals surface area contributed by atoms with E-state index in [4.69, 9.17) is 0 Å². The van der Waals surface area contributed by atoms with E-state index in [1.165, 1.54) is 6.42 Å². The van der Waals surface area contributed by atoms with Crippen molar-refractivity contribution in [1.29, 1.82) is 0 Å². The van der Waals surface area contributed by atoms with Gasteiger partial charge in [0.2, 0.25) is 0 Å². The van der Waals surface area contributed by atoms with Gasteiger partial charge in [0.05, 0.1) is 11.9 Å². The molecule has 1 heterocycles. The zero-order valence-electron chi connectivity index (χ0n) is 6.37. The van der Waals surface area contributed by atoms with Gasteiger partial charge in [-0.1, -0.05) is 15.9 Å². The van der Waals surface area contributed by atoms with Crippen LogP contribution in [0.4, 0.5) is 0 Å². The third-order valence-corrected chi connectivity index (χ3v) is 2.95. The SMILES string of the molecule is Cn1ncc(C2CC2CBr)n1. The highest BCUT2D eigenvalue weighted by atomic mass is 79.9. The highest BCUT2D eigenvalue weighted by molar-refractivity contribution is 9.09. The molecular weight excluding hydrogens is 206 g/mol. The van der Waals surface area contributed by atoms with Gasteiger partial charge in [-0.25, -0.2) is 0 Å². The second-order valence-electron chi connectivity index (χ2n) is 3.02. The summed E-state index contributed by atoms with van der Waals surface area (Å²) in [5, 5.41) is 9.38. The van der Waals surface area contributed by atoms with Crippen LogP contribution in [0, 0.1) is 5.92 Å². The van der Waals surface area contributed by atoms with E-state index in [0.29, 0.717) is 5.92 Å². The van der Waals surface area contributed by atoms with Crippen LogP contribution in [-0.2, 0) is 7.05 Å². The summed E-state index contributed by atoms with van der Waals surface area (Å²) in [5.41, 5.74) is 1.15. The molecule has 1 aliphatic carbocycles. The topological polar surface area (TPSA) is 30.7 Å². The molecule has 0 amide bonds. The summed E-state index contributed by atoms with van der Waals surface area (Å²) in [4.78, 5) is 1.62. The van der Waals surface area contributed by atoms with Crippen LogP contribution < -0.4 is 0 Å². The molecule has 0 saturated heterocycles. The summed E-state index contributed by atoms with van der Waals surface area (Å²) < 4.78 is 0. The van der Waals surface area contributed by atoms with E-state index in [1.54, 1.807) is 4.80 Å². The normalized spacial score (nSPS) is 28.9. The Hall–Kier alpha value is -0.380. The number of aryl methyl sites for hydroxylation is 1. The third-order valence-electron chi connectivity index (χ3n) is 2.12. The standard InChI is InChI=1S/C7H10BrN3/c1-11-9-4-7(10-11)6-2-5(6)3-8/h4-6H,2-3H2,1H3. The lowest BCUT2D eigenvalue weighted by Crippen LogP contribution is -1.93. The zero-order chi connectivity index (χ0) is 7.84. The van der Waals surface area contributed by atoms with E-state index in [2.05, 4.69) is 26.1 Å². The Kier molecular flexibility index (Phi) is 1.71. The highest BCUT2D eigenvalue weighted by Crippen LogP contribution is 2.47. The molecule has 0 radical (unpaired) electrons. The maximum Gasteiger partial charge on any atom is 0.0861 e. The third kappa shape index (κ3) is 1.31. The first-order valence-corrected chi connectivity index (χ1v) is 4.85. The van der Waals surface area contributed by atoms with Crippen molar-refractivity contribution in [3.63, 3.8) is 0 Å². The van der Waals surface area contributed by atoms with Gasteiger partial charge in [0.25, 0.3) is 0 Å². The zero-order valence-corrected chi connectivity index (χ0v) is 7.95. The predicted octanol–water partition coefficient (Wildman–Crippen LogP) is 1.31. The maximum absolute atomic E-state index is 4.26. The van der Waals surface area contributed by atoms with Crippen LogP contribution in [0.15, 0.2) is 6.20 Å². The number of nitrogens with zero attached hydrogens (tertiary/aromatic N) is 3. The molecule has 2 rings (SSSR count). The molecule has 60 valence electrons. The van der Waals surface area contributed by atoms with Crippen LogP contribution in [-0.4, -0.2) is 20.3 Å². The molecule has 0 bridgehead atoms. The minimum absolute atomic E-state index is 0.670. The minimum Gasteiger partial charge on any atom is -0.188 e. The summed E-state index contributed by atoms with van der Waals surface area (Å²) in [6.45, 7) is 0. The van der Waals surface area contributed by atoms with Crippen molar-refractivity contribution in [1.82, 2.24) is 15.0 Å². The van der Waals surface area contributed by atoms with Crippen LogP contribution in [0.3, 0.4) is 0 Å². The van der Waals surface area contributed by atoms with Crippen molar-refractivity contribution in [3.8, 4) is 0 Å². The van der Waals surface area contributed by atoms with Crippen LogP contribution >= 0.6 is 15.9 Å². The Morgan fingerprint density at radius 2 is 2.64 bits per heavy atom. The fraction of sp³-hybridized carbons (Fsp3) is 0.714. The first-order chi connectivity index (χ1) is 5.31. The monoisotopic (exact) mass is 215 g/mol. The Bertz CT molecular complexity index is 258. The average Bonchev–Trinajstić information content (AvgIpc) is 2.68. The molecule has 11 heavy (non-hydrogen) atoms. The fourth-order valence-electron chi connectivity index (χ4n) is 1.31. The van der Waals surface area contributed by atoms with E-state index in [9.17, 15) is 0 Å². The second kappa shape index (κ2) is 2.59. The number of aromatic nitrogens is 3. The first-order valence-electron chi connectivity index (χ1n) is 3.73. The summed E-state index contributed by atoms with van der Waals surface area (Å²) in [5.74, 6) is 1.47. The Morgan fingerprint density at radius 1 is 1.82 bits per heavy atom. The van der Waals surface area contributed by atoms with Crippen LogP contribution in [0.2, 0.25) is 0 Å². The molecule has 1 aromatic heterocycles. The number of rotatable bonds is 2. The lowest BCUT2D eigenvalue weighted by atomic mass is 10.3. The number of hydrogen-bond donors (Lipinski definition) is 0. The number of halogens is 1. The highest BCUT2D eigenvalue weighted by Gasteiger charge is 2.39. The molecule has 1 saturated carbocycles. The maximum atomic E-state index is 4.26. The van der Waals surface area contributed by atoms with Crippen LogP contribution in [0.5, 0.6) is 0 Å². The van der Waals surface area contributed by atoms with Crippen molar-refractivity contribution in [2.45, 2.75) is 12.3 Å². The summed E-state index contributed by atoms with van der Waals surface area (Å²) in [6.07, 6.45) is 3.14. The van der Waals surface area contributed by atoms with E-state index in [-0.39, 0.29) is 0 Å². The van der Waals surface area contributed by atoms with Gasteiger partial charge in [0.1, 0.15) is 0 Å². The quantitative estimate of drug-likeness (QED) is 0.698. The van der Waals surface area contributed by atoms with E-state index >= 15 is 0 Å². The average molecular weight is 216 g/mol. The molecule has 1 aliphatic rings. The molecule has 2 unspecified atom stereocenters. The van der Waals surface area contributed by atoms with Gasteiger partial charge in [-0.05, 0) is 12.3 Å². The molecular formula is C7H10BrN3. The number of alkyl halides is 1. The van der Waals surface area contributed by atoms with Gasteiger partial charge < -0.3 is 0 Å². The van der Waals surface area contributed by atoms with Gasteiger partial charge >= 0.3 is 0 Å². The molecule has 3 nitrogen and oxygen atoms in total. The van der Waals surface area contributed by atoms with Crippen molar-refractivity contribution < 1.29 is 0 Å². The summed E-state index contributed by atoms with van der Waals surface area (Å²) >= 11 is 3.47. The van der Waals surface area contributed by atoms with Gasteiger partial charge in [-0.2, -0.15) is 15.0 Å². The van der Waals surface area contributed by atoms with Crippen molar-refractivity contribution in [3.05, 3.63) is 11.9 Å². The first kappa shape index (κ1) is 7.28. The number of hydrogen-bond acceptors (Lipinski definition) is 2. The predicted molar refractivity (Wildman–Crippen MR) is 45.6 cm³/mol. The van der Waals surface area contributed by atoms with Crippen molar-refractivity contribution >= 4 is 15.9 Å². The smallest absolute Gasteiger partial charge is 0.0861 e. The molecule has 0 N–H and O–H groups in total. The molecule has 0 aromatic carbocycles. The van der Waals surface area contributed by atoms with E-state index < -0.39 is 0 Å². The van der Waals surface area contributed by atoms with Gasteiger partial charge in [0.15, 0.2) is 0 Å². The molecule has 0 spiro atoms. The van der Waals surface area contributed by atoms with Crippen molar-refractivity contribution in [2.75, 3.05) is 5.33 Å². The fourth-order valence-corrected chi connectivity index (χ4v) is 2.03. The lowest BCUT2D eigenvalue weighted by molar-refractivity contribution is 0.643. The minimum atomic E-state index is 0.670. The van der Waals surface area contributed by atoms with Crippen molar-refractivity contribution in [2.24, 2.45) is 13.0 Å². The Labute approximate surface area is 73.9 Å². The van der Waals surface area contributed by atoms with Gasteiger partial charge in [0, 0.05) is 18.3 Å². The lowest BCUT2D eigenvalue weighted by Gasteiger charge is -1.88. The molecule has 0 aliphatic heterocycles. The largest absolute Gasteiger partial charge is 0.188 e. The van der Waals surface area contributed by atoms with Crippen LogP contribution in [0.1, 0.15) is 18.0 Å². The van der Waals surface area contributed by atoms with E-state index in [1.807, 2.05) is 13.2 Å². The summed E-state index contributed by atoms with van der Waals surface area (Å²) in [7, 11) is 1.86. The van der Waals surface area contributed by atoms with Gasteiger partial charge in [-0.15, -0.1) is 0 Å². The Balaban J connectivity index is 2.08. The molecule has 4 heteroatoms. The second-order valence-corrected chi connectivity index (χ2v) is 3.66. The van der Waals surface area contributed by atoms with E-state index in [0.717, 1.165) is 16.9 Å². The Morgan fingerprint density at radius 3 is 3.09 bits per heavy atom.